The number of ether oxygens (including phenoxy) is 1. The quantitative estimate of drug-likeness (QED) is 0.397. The fourth-order valence-corrected chi connectivity index (χ4v) is 2.44. The zero-order valence-corrected chi connectivity index (χ0v) is 12.7. The highest BCUT2D eigenvalue weighted by molar-refractivity contribution is 6.08. The molecule has 1 heterocycles. The molecule has 0 aliphatic heterocycles. The van der Waals surface area contributed by atoms with Gasteiger partial charge in [-0.2, -0.15) is 0 Å². The van der Waals surface area contributed by atoms with E-state index in [0.29, 0.717) is 5.52 Å². The van der Waals surface area contributed by atoms with Crippen LogP contribution in [0.3, 0.4) is 0 Å². The Morgan fingerprint density at radius 2 is 1.86 bits per heavy atom. The highest BCUT2D eigenvalue weighted by Crippen LogP contribution is 2.34. The molecule has 0 radical (unpaired) electrons. The van der Waals surface area contributed by atoms with Crippen LogP contribution in [0.25, 0.3) is 21.7 Å². The number of nitro groups is 1. The van der Waals surface area contributed by atoms with Crippen LogP contribution in [0.2, 0.25) is 0 Å². The predicted molar refractivity (Wildman–Crippen MR) is 86.3 cm³/mol. The van der Waals surface area contributed by atoms with E-state index in [-0.39, 0.29) is 11.3 Å². The minimum Gasteiger partial charge on any atom is -0.487 e. The van der Waals surface area contributed by atoms with Crippen molar-refractivity contribution < 1.29 is 9.66 Å². The highest BCUT2D eigenvalue weighted by atomic mass is 16.6. The van der Waals surface area contributed by atoms with Gasteiger partial charge in [0.05, 0.1) is 15.8 Å². The minimum absolute atomic E-state index is 0.0129. The van der Waals surface area contributed by atoms with Crippen LogP contribution in [0, 0.1) is 10.1 Å². The number of benzene rings is 2. The van der Waals surface area contributed by atoms with Gasteiger partial charge in [-0.25, -0.2) is 4.98 Å². The Morgan fingerprint density at radius 3 is 2.55 bits per heavy atom. The van der Waals surface area contributed by atoms with E-state index in [1.807, 2.05) is 51.1 Å². The molecule has 5 heteroatoms. The number of pyridine rings is 1. The molecule has 0 aliphatic rings. The van der Waals surface area contributed by atoms with Gasteiger partial charge < -0.3 is 4.74 Å². The molecular weight excluding hydrogens is 280 g/mol. The van der Waals surface area contributed by atoms with Crippen LogP contribution in [-0.4, -0.2) is 15.5 Å². The summed E-state index contributed by atoms with van der Waals surface area (Å²) in [6, 6.07) is 11.1. The van der Waals surface area contributed by atoms with Crippen molar-refractivity contribution in [2.75, 3.05) is 0 Å². The summed E-state index contributed by atoms with van der Waals surface area (Å²) in [7, 11) is 0. The lowest BCUT2D eigenvalue weighted by molar-refractivity contribution is -0.385. The fourth-order valence-electron chi connectivity index (χ4n) is 2.44. The Labute approximate surface area is 127 Å². The average Bonchev–Trinajstić information content (AvgIpc) is 2.44. The first-order valence-corrected chi connectivity index (χ1v) is 7.00. The first-order valence-electron chi connectivity index (χ1n) is 7.00. The zero-order valence-electron chi connectivity index (χ0n) is 12.7. The average molecular weight is 296 g/mol. The molecule has 0 atom stereocenters. The number of hydrogen-bond donors (Lipinski definition) is 0. The Morgan fingerprint density at radius 1 is 1.14 bits per heavy atom. The number of fused-ring (bicyclic) bond motifs is 3. The third-order valence-corrected chi connectivity index (χ3v) is 3.27. The summed E-state index contributed by atoms with van der Waals surface area (Å²) in [5.74, 6) is 0.733. The van der Waals surface area contributed by atoms with Crippen molar-refractivity contribution in [2.24, 2.45) is 0 Å². The van der Waals surface area contributed by atoms with Gasteiger partial charge in [0.1, 0.15) is 17.5 Å². The van der Waals surface area contributed by atoms with E-state index < -0.39 is 4.92 Å². The molecule has 1 aromatic heterocycles. The lowest BCUT2D eigenvalue weighted by Crippen LogP contribution is -2.23. The smallest absolute Gasteiger partial charge is 0.288 e. The van der Waals surface area contributed by atoms with Crippen molar-refractivity contribution in [3.05, 3.63) is 52.7 Å². The minimum atomic E-state index is -0.436. The fraction of sp³-hybridized carbons (Fsp3) is 0.235. The van der Waals surface area contributed by atoms with E-state index >= 15 is 0 Å². The van der Waals surface area contributed by atoms with Gasteiger partial charge in [0, 0.05) is 11.5 Å². The summed E-state index contributed by atoms with van der Waals surface area (Å²) < 4.78 is 6.03. The summed E-state index contributed by atoms with van der Waals surface area (Å²) in [6.07, 6.45) is 1.29. The number of nitrogens with zero attached hydrogens (tertiary/aromatic N) is 2. The Hall–Kier alpha value is -2.69. The summed E-state index contributed by atoms with van der Waals surface area (Å²) >= 11 is 0. The van der Waals surface area contributed by atoms with Gasteiger partial charge in [-0.3, -0.25) is 10.1 Å². The molecule has 112 valence electrons. The highest BCUT2D eigenvalue weighted by Gasteiger charge is 2.16. The second-order valence-corrected chi connectivity index (χ2v) is 6.16. The zero-order chi connectivity index (χ0) is 15.9. The summed E-state index contributed by atoms with van der Waals surface area (Å²) in [5, 5.41) is 13.5. The summed E-state index contributed by atoms with van der Waals surface area (Å²) in [5.41, 5.74) is 0.362. The molecule has 0 unspecified atom stereocenters. The molecule has 0 spiro atoms. The Bertz CT molecular complexity index is 882. The molecule has 0 N–H and O–H groups in total. The van der Waals surface area contributed by atoms with Crippen molar-refractivity contribution in [3.8, 4) is 5.75 Å². The number of hydrogen-bond acceptors (Lipinski definition) is 4. The summed E-state index contributed by atoms with van der Waals surface area (Å²) in [4.78, 5) is 14.8. The molecule has 0 bridgehead atoms. The van der Waals surface area contributed by atoms with Crippen molar-refractivity contribution in [3.63, 3.8) is 0 Å². The maximum Gasteiger partial charge on any atom is 0.288 e. The lowest BCUT2D eigenvalue weighted by atomic mass is 10.0. The largest absolute Gasteiger partial charge is 0.487 e. The van der Waals surface area contributed by atoms with Gasteiger partial charge in [0.2, 0.25) is 0 Å². The molecular formula is C17H16N2O3. The first kappa shape index (κ1) is 14.3. The molecule has 0 saturated carbocycles. The van der Waals surface area contributed by atoms with E-state index in [1.165, 1.54) is 12.3 Å². The SMILES string of the molecule is CC(C)(C)Oc1cccc2ccc3cc([N+](=O)[O-])cnc3c12. The Kier molecular flexibility index (Phi) is 3.20. The molecule has 0 aliphatic carbocycles. The van der Waals surface area contributed by atoms with Gasteiger partial charge >= 0.3 is 0 Å². The van der Waals surface area contributed by atoms with Gasteiger partial charge in [0.25, 0.3) is 5.69 Å². The van der Waals surface area contributed by atoms with Crippen LogP contribution >= 0.6 is 0 Å². The molecule has 0 fully saturated rings. The van der Waals surface area contributed by atoms with Gasteiger partial charge in [0.15, 0.2) is 0 Å². The number of rotatable bonds is 2. The normalized spacial score (nSPS) is 11.8. The first-order chi connectivity index (χ1) is 10.3. The summed E-state index contributed by atoms with van der Waals surface area (Å²) in [6.45, 7) is 5.94. The lowest BCUT2D eigenvalue weighted by Gasteiger charge is -2.22. The van der Waals surface area contributed by atoms with E-state index in [0.717, 1.165) is 21.9 Å². The van der Waals surface area contributed by atoms with E-state index in [4.69, 9.17) is 4.74 Å². The monoisotopic (exact) mass is 296 g/mol. The van der Waals surface area contributed by atoms with Crippen LogP contribution in [0.1, 0.15) is 20.8 Å². The molecule has 22 heavy (non-hydrogen) atoms. The van der Waals surface area contributed by atoms with E-state index in [1.54, 1.807) is 0 Å². The van der Waals surface area contributed by atoms with Crippen molar-refractivity contribution in [1.29, 1.82) is 0 Å². The van der Waals surface area contributed by atoms with Crippen LogP contribution in [0.15, 0.2) is 42.6 Å². The third-order valence-electron chi connectivity index (χ3n) is 3.27. The maximum absolute atomic E-state index is 10.9. The Balaban J connectivity index is 2.31. The molecule has 0 saturated heterocycles. The van der Waals surface area contributed by atoms with Crippen molar-refractivity contribution in [2.45, 2.75) is 26.4 Å². The molecule has 5 nitrogen and oxygen atoms in total. The second kappa shape index (κ2) is 4.94. The molecule has 2 aromatic carbocycles. The van der Waals surface area contributed by atoms with E-state index in [2.05, 4.69) is 4.98 Å². The van der Waals surface area contributed by atoms with E-state index in [9.17, 15) is 10.1 Å². The van der Waals surface area contributed by atoms with Crippen molar-refractivity contribution >= 4 is 27.4 Å². The van der Waals surface area contributed by atoms with Crippen LogP contribution < -0.4 is 4.74 Å². The molecule has 0 amide bonds. The topological polar surface area (TPSA) is 65.3 Å². The number of aromatic nitrogens is 1. The van der Waals surface area contributed by atoms with Gasteiger partial charge in [-0.15, -0.1) is 0 Å². The van der Waals surface area contributed by atoms with Crippen LogP contribution in [-0.2, 0) is 0 Å². The second-order valence-electron chi connectivity index (χ2n) is 6.16. The van der Waals surface area contributed by atoms with Crippen LogP contribution in [0.5, 0.6) is 5.75 Å². The van der Waals surface area contributed by atoms with Gasteiger partial charge in [-0.05, 0) is 32.2 Å². The molecule has 3 rings (SSSR count). The van der Waals surface area contributed by atoms with Crippen LogP contribution in [0.4, 0.5) is 5.69 Å². The third kappa shape index (κ3) is 2.57. The van der Waals surface area contributed by atoms with Gasteiger partial charge in [-0.1, -0.05) is 24.3 Å². The maximum atomic E-state index is 10.9. The predicted octanol–water partition coefficient (Wildman–Crippen LogP) is 4.47. The standard InChI is InChI=1S/C17H16N2O3/c1-17(2,3)22-14-6-4-5-11-7-8-12-9-13(19(20)21)10-18-16(12)15(11)14/h4-10H,1-3H3. The molecule has 3 aromatic rings. The van der Waals surface area contributed by atoms with Crippen molar-refractivity contribution in [1.82, 2.24) is 4.98 Å².